The van der Waals surface area contributed by atoms with Gasteiger partial charge in [-0.3, -0.25) is 0 Å². The van der Waals surface area contributed by atoms with Crippen LogP contribution in [0.15, 0.2) is 54.6 Å². The van der Waals surface area contributed by atoms with Gasteiger partial charge in [-0.15, -0.1) is 5.10 Å². The van der Waals surface area contributed by atoms with Crippen LogP contribution in [0.1, 0.15) is 5.82 Å². The fourth-order valence-corrected chi connectivity index (χ4v) is 2.10. The first-order valence-corrected chi connectivity index (χ1v) is 7.28. The maximum atomic E-state index is 11.9. The van der Waals surface area contributed by atoms with Crippen molar-refractivity contribution in [2.24, 2.45) is 0 Å². The number of nitrogens with zero attached hydrogens (tertiary/aromatic N) is 4. The van der Waals surface area contributed by atoms with Crippen LogP contribution in [0.5, 0.6) is 5.75 Å². The normalized spacial score (nSPS) is 10.2. The molecule has 2 amide bonds. The minimum atomic E-state index is -0.328. The number of aromatic nitrogens is 4. The number of nitrogens with one attached hydrogen (secondary N) is 2. The molecule has 0 aliphatic heterocycles. The molecule has 8 nitrogen and oxygen atoms in total. The van der Waals surface area contributed by atoms with Crippen molar-refractivity contribution in [3.05, 3.63) is 60.4 Å². The Kier molecular flexibility index (Phi) is 4.66. The highest BCUT2D eigenvalue weighted by atomic mass is 16.5. The van der Waals surface area contributed by atoms with E-state index in [1.54, 1.807) is 23.9 Å². The predicted molar refractivity (Wildman–Crippen MR) is 88.0 cm³/mol. The summed E-state index contributed by atoms with van der Waals surface area (Å²) in [6.45, 7) is 0.192. The van der Waals surface area contributed by atoms with Crippen LogP contribution in [0, 0.1) is 0 Å². The summed E-state index contributed by atoms with van der Waals surface area (Å²) in [6, 6.07) is 16.2. The predicted octanol–water partition coefficient (Wildman–Crippen LogP) is 1.99. The maximum Gasteiger partial charge on any atom is 0.319 e. The molecule has 2 N–H and O–H groups in total. The molecule has 3 rings (SSSR count). The molecule has 0 saturated heterocycles. The third-order valence-corrected chi connectivity index (χ3v) is 3.29. The number of hydrogen-bond acceptors (Lipinski definition) is 5. The Balaban J connectivity index is 1.64. The lowest BCUT2D eigenvalue weighted by Crippen LogP contribution is -2.29. The molecule has 122 valence electrons. The number of benzene rings is 2. The molecule has 1 aromatic heterocycles. The second-order valence-corrected chi connectivity index (χ2v) is 4.88. The van der Waals surface area contributed by atoms with Crippen molar-refractivity contribution in [3.63, 3.8) is 0 Å². The van der Waals surface area contributed by atoms with Crippen molar-refractivity contribution in [1.82, 2.24) is 25.5 Å². The lowest BCUT2D eigenvalue weighted by Gasteiger charge is -2.08. The van der Waals surface area contributed by atoms with Gasteiger partial charge in [-0.25, -0.2) is 4.79 Å². The van der Waals surface area contributed by atoms with Gasteiger partial charge < -0.3 is 15.4 Å². The molecule has 0 saturated carbocycles. The lowest BCUT2D eigenvalue weighted by molar-refractivity contribution is 0.251. The summed E-state index contributed by atoms with van der Waals surface area (Å²) in [5, 5.41) is 17.0. The van der Waals surface area contributed by atoms with Crippen LogP contribution in [-0.2, 0) is 6.54 Å². The third kappa shape index (κ3) is 3.67. The molecule has 1 heterocycles. The molecule has 0 fully saturated rings. The topological polar surface area (TPSA) is 94.0 Å². The summed E-state index contributed by atoms with van der Waals surface area (Å²) in [5.41, 5.74) is 1.49. The first kappa shape index (κ1) is 15.5. The smallest absolute Gasteiger partial charge is 0.319 e. The van der Waals surface area contributed by atoms with E-state index in [4.69, 9.17) is 4.74 Å². The average Bonchev–Trinajstić information content (AvgIpc) is 3.09. The minimum absolute atomic E-state index is 0.192. The van der Waals surface area contributed by atoms with Crippen molar-refractivity contribution in [2.75, 3.05) is 12.4 Å². The fourth-order valence-electron chi connectivity index (χ4n) is 2.10. The SMILES string of the molecule is COc1ccc(-n2nnnc2CNC(=O)Nc2ccccc2)cc1. The zero-order valence-electron chi connectivity index (χ0n) is 13.0. The summed E-state index contributed by atoms with van der Waals surface area (Å²) in [6.07, 6.45) is 0. The van der Waals surface area contributed by atoms with Crippen LogP contribution in [-0.4, -0.2) is 33.3 Å². The molecule has 0 unspecified atom stereocenters. The molecular formula is C16H16N6O2. The number of rotatable bonds is 5. The van der Waals surface area contributed by atoms with Gasteiger partial charge in [0, 0.05) is 5.69 Å². The van der Waals surface area contributed by atoms with E-state index < -0.39 is 0 Å². The molecule has 8 heteroatoms. The van der Waals surface area contributed by atoms with Gasteiger partial charge in [0.25, 0.3) is 0 Å². The Morgan fingerprint density at radius 1 is 1.12 bits per heavy atom. The molecule has 24 heavy (non-hydrogen) atoms. The van der Waals surface area contributed by atoms with Crippen LogP contribution in [0.3, 0.4) is 0 Å². The highest BCUT2D eigenvalue weighted by Gasteiger charge is 2.10. The zero-order valence-corrected chi connectivity index (χ0v) is 13.0. The quantitative estimate of drug-likeness (QED) is 0.748. The van der Waals surface area contributed by atoms with Crippen molar-refractivity contribution < 1.29 is 9.53 Å². The third-order valence-electron chi connectivity index (χ3n) is 3.29. The number of para-hydroxylation sites is 1. The minimum Gasteiger partial charge on any atom is -0.497 e. The number of carbonyl (C=O) groups excluding carboxylic acids is 1. The average molecular weight is 324 g/mol. The van der Waals surface area contributed by atoms with Gasteiger partial charge in [-0.1, -0.05) is 18.2 Å². The van der Waals surface area contributed by atoms with E-state index in [-0.39, 0.29) is 12.6 Å². The Morgan fingerprint density at radius 3 is 2.58 bits per heavy atom. The summed E-state index contributed by atoms with van der Waals surface area (Å²) in [4.78, 5) is 11.9. The number of hydrogen-bond donors (Lipinski definition) is 2. The highest BCUT2D eigenvalue weighted by Crippen LogP contribution is 2.14. The first-order valence-electron chi connectivity index (χ1n) is 7.28. The highest BCUT2D eigenvalue weighted by molar-refractivity contribution is 5.89. The molecule has 0 atom stereocenters. The monoisotopic (exact) mass is 324 g/mol. The molecule has 2 aromatic carbocycles. The number of amides is 2. The molecule has 3 aromatic rings. The van der Waals surface area contributed by atoms with E-state index >= 15 is 0 Å². The number of ether oxygens (including phenoxy) is 1. The van der Waals surface area contributed by atoms with Gasteiger partial charge >= 0.3 is 6.03 Å². The largest absolute Gasteiger partial charge is 0.497 e. The van der Waals surface area contributed by atoms with Crippen molar-refractivity contribution in [3.8, 4) is 11.4 Å². The summed E-state index contributed by atoms with van der Waals surface area (Å²) in [5.74, 6) is 1.26. The Morgan fingerprint density at radius 2 is 1.88 bits per heavy atom. The molecule has 0 bridgehead atoms. The molecular weight excluding hydrogens is 308 g/mol. The van der Waals surface area contributed by atoms with E-state index in [1.165, 1.54) is 0 Å². The fraction of sp³-hybridized carbons (Fsp3) is 0.125. The first-order chi connectivity index (χ1) is 11.8. The van der Waals surface area contributed by atoms with Crippen LogP contribution >= 0.6 is 0 Å². The molecule has 0 aliphatic rings. The van der Waals surface area contributed by atoms with Gasteiger partial charge in [0.1, 0.15) is 5.75 Å². The summed E-state index contributed by atoms with van der Waals surface area (Å²) >= 11 is 0. The van der Waals surface area contributed by atoms with E-state index in [0.29, 0.717) is 11.5 Å². The molecule has 0 spiro atoms. The maximum absolute atomic E-state index is 11.9. The van der Waals surface area contributed by atoms with Crippen LogP contribution in [0.2, 0.25) is 0 Å². The zero-order chi connectivity index (χ0) is 16.8. The Hall–Kier alpha value is -3.42. The van der Waals surface area contributed by atoms with E-state index in [2.05, 4.69) is 26.2 Å². The van der Waals surface area contributed by atoms with Gasteiger partial charge in [0.15, 0.2) is 5.82 Å². The second-order valence-electron chi connectivity index (χ2n) is 4.88. The molecule has 0 radical (unpaired) electrons. The van der Waals surface area contributed by atoms with Crippen LogP contribution < -0.4 is 15.4 Å². The van der Waals surface area contributed by atoms with Gasteiger partial charge in [0.2, 0.25) is 0 Å². The number of tetrazole rings is 1. The number of carbonyl (C=O) groups is 1. The van der Waals surface area contributed by atoms with Crippen molar-refractivity contribution in [1.29, 1.82) is 0 Å². The summed E-state index contributed by atoms with van der Waals surface area (Å²) in [7, 11) is 1.60. The Labute approximate surface area is 138 Å². The summed E-state index contributed by atoms with van der Waals surface area (Å²) < 4.78 is 6.68. The second kappa shape index (κ2) is 7.23. The number of methoxy groups -OCH3 is 1. The van der Waals surface area contributed by atoms with Gasteiger partial charge in [-0.2, -0.15) is 4.68 Å². The molecule has 0 aliphatic carbocycles. The standard InChI is InChI=1S/C16H16N6O2/c1-24-14-9-7-13(8-10-14)22-15(19-20-21-22)11-17-16(23)18-12-5-3-2-4-6-12/h2-10H,11H2,1H3,(H2,17,18,23). The number of urea groups is 1. The number of anilines is 1. The van der Waals surface area contributed by atoms with E-state index in [1.807, 2.05) is 42.5 Å². The van der Waals surface area contributed by atoms with Crippen LogP contribution in [0.4, 0.5) is 10.5 Å². The van der Waals surface area contributed by atoms with E-state index in [9.17, 15) is 4.79 Å². The van der Waals surface area contributed by atoms with Crippen molar-refractivity contribution in [2.45, 2.75) is 6.54 Å². The van der Waals surface area contributed by atoms with Gasteiger partial charge in [0.05, 0.1) is 19.3 Å². The van der Waals surface area contributed by atoms with E-state index in [0.717, 1.165) is 11.4 Å². The van der Waals surface area contributed by atoms with Crippen LogP contribution in [0.25, 0.3) is 5.69 Å². The van der Waals surface area contributed by atoms with Crippen molar-refractivity contribution >= 4 is 11.7 Å². The lowest BCUT2D eigenvalue weighted by atomic mass is 10.3. The Bertz CT molecular complexity index is 801. The van der Waals surface area contributed by atoms with Gasteiger partial charge in [-0.05, 0) is 46.8 Å².